The third-order valence-corrected chi connectivity index (χ3v) is 6.13. The van der Waals surface area contributed by atoms with E-state index in [2.05, 4.69) is 5.32 Å². The summed E-state index contributed by atoms with van der Waals surface area (Å²) in [5.74, 6) is 0. The number of aryl methyl sites for hydroxylation is 1. The third kappa shape index (κ3) is 3.27. The number of hydrogen-bond donors (Lipinski definition) is 1. The number of halogens is 1. The summed E-state index contributed by atoms with van der Waals surface area (Å²) < 4.78 is 27.7. The number of rotatable bonds is 3. The minimum absolute atomic E-state index is 0. The summed E-state index contributed by atoms with van der Waals surface area (Å²) in [6.07, 6.45) is 0. The van der Waals surface area contributed by atoms with Gasteiger partial charge in [-0.1, -0.05) is 12.1 Å². The monoisotopic (exact) mass is 383 g/mol. The molecule has 9 heteroatoms. The average Bonchev–Trinajstić information content (AvgIpc) is 2.56. The van der Waals surface area contributed by atoms with Crippen molar-refractivity contribution in [2.75, 3.05) is 22.7 Å². The quantitative estimate of drug-likeness (QED) is 0.648. The first-order chi connectivity index (χ1) is 11.3. The summed E-state index contributed by atoms with van der Waals surface area (Å²) in [6, 6.07) is 9.65. The van der Waals surface area contributed by atoms with Gasteiger partial charge in [0, 0.05) is 18.7 Å². The summed E-state index contributed by atoms with van der Waals surface area (Å²) in [5, 5.41) is 14.3. The second-order valence-electron chi connectivity index (χ2n) is 5.66. The highest BCUT2D eigenvalue weighted by Crippen LogP contribution is 2.35. The number of nitrogens with one attached hydrogen (secondary N) is 1. The Kier molecular flexibility index (Phi) is 5.24. The number of nitrogens with zero attached hydrogens (tertiary/aromatic N) is 2. The van der Waals surface area contributed by atoms with Crippen molar-refractivity contribution in [2.45, 2.75) is 18.7 Å². The number of hydrogen-bond acceptors (Lipinski definition) is 5. The van der Waals surface area contributed by atoms with Gasteiger partial charge >= 0.3 is 0 Å². The fraction of sp³-hybridized carbons (Fsp3) is 0.250. The van der Waals surface area contributed by atoms with Gasteiger partial charge in [-0.15, -0.1) is 12.4 Å². The first-order valence-corrected chi connectivity index (χ1v) is 8.87. The number of non-ortho nitro benzene ring substituents is 1. The first-order valence-electron chi connectivity index (χ1n) is 7.43. The molecule has 1 heterocycles. The molecule has 0 bridgehead atoms. The molecule has 0 radical (unpaired) electrons. The molecule has 0 spiro atoms. The van der Waals surface area contributed by atoms with Crippen LogP contribution in [0.5, 0.6) is 0 Å². The molecule has 0 aromatic heterocycles. The van der Waals surface area contributed by atoms with Crippen molar-refractivity contribution >= 4 is 39.5 Å². The molecule has 0 saturated carbocycles. The predicted molar refractivity (Wildman–Crippen MR) is 99.3 cm³/mol. The van der Waals surface area contributed by atoms with E-state index < -0.39 is 14.9 Å². The van der Waals surface area contributed by atoms with Crippen molar-refractivity contribution in [1.82, 2.24) is 0 Å². The first kappa shape index (κ1) is 19.0. The minimum atomic E-state index is -3.90. The van der Waals surface area contributed by atoms with Gasteiger partial charge in [-0.2, -0.15) is 0 Å². The van der Waals surface area contributed by atoms with E-state index in [4.69, 9.17) is 0 Å². The third-order valence-electron chi connectivity index (χ3n) is 4.19. The van der Waals surface area contributed by atoms with Gasteiger partial charge in [0.15, 0.2) is 0 Å². The zero-order chi connectivity index (χ0) is 17.5. The zero-order valence-electron chi connectivity index (χ0n) is 13.7. The highest BCUT2D eigenvalue weighted by molar-refractivity contribution is 7.93. The second-order valence-corrected chi connectivity index (χ2v) is 7.49. The van der Waals surface area contributed by atoms with E-state index in [1.54, 1.807) is 26.0 Å². The van der Waals surface area contributed by atoms with E-state index in [-0.39, 0.29) is 29.5 Å². The lowest BCUT2D eigenvalue weighted by molar-refractivity contribution is -0.385. The maximum atomic E-state index is 13.2. The van der Waals surface area contributed by atoms with E-state index in [9.17, 15) is 18.5 Å². The molecule has 0 saturated heterocycles. The fourth-order valence-electron chi connectivity index (χ4n) is 2.80. The minimum Gasteiger partial charge on any atom is -0.382 e. The van der Waals surface area contributed by atoms with Gasteiger partial charge in [0.2, 0.25) is 0 Å². The van der Waals surface area contributed by atoms with Crippen LogP contribution in [0.15, 0.2) is 41.3 Å². The highest BCUT2D eigenvalue weighted by atomic mass is 35.5. The van der Waals surface area contributed by atoms with Gasteiger partial charge in [-0.3, -0.25) is 14.4 Å². The molecule has 2 aromatic carbocycles. The van der Waals surface area contributed by atoms with Crippen molar-refractivity contribution < 1.29 is 13.3 Å². The summed E-state index contributed by atoms with van der Waals surface area (Å²) in [7, 11) is -3.90. The summed E-state index contributed by atoms with van der Waals surface area (Å²) >= 11 is 0. The molecular weight excluding hydrogens is 366 g/mol. The van der Waals surface area contributed by atoms with Crippen molar-refractivity contribution in [3.63, 3.8) is 0 Å². The van der Waals surface area contributed by atoms with Crippen molar-refractivity contribution in [3.05, 3.63) is 57.6 Å². The van der Waals surface area contributed by atoms with Crippen LogP contribution in [0, 0.1) is 24.0 Å². The van der Waals surface area contributed by atoms with Crippen LogP contribution in [-0.2, 0) is 10.0 Å². The number of nitro benzene ring substituents is 1. The molecule has 0 aliphatic carbocycles. The van der Waals surface area contributed by atoms with Crippen molar-refractivity contribution in [1.29, 1.82) is 0 Å². The molecule has 0 fully saturated rings. The summed E-state index contributed by atoms with van der Waals surface area (Å²) in [5.41, 5.74) is 2.15. The Morgan fingerprint density at radius 3 is 2.56 bits per heavy atom. The second kappa shape index (κ2) is 6.89. The molecule has 1 aliphatic rings. The number of anilines is 2. The molecule has 134 valence electrons. The van der Waals surface area contributed by atoms with Crippen LogP contribution in [0.4, 0.5) is 17.1 Å². The molecule has 7 nitrogen and oxygen atoms in total. The topological polar surface area (TPSA) is 92.5 Å². The normalized spacial score (nSPS) is 13.4. The lowest BCUT2D eigenvalue weighted by Crippen LogP contribution is -2.39. The zero-order valence-corrected chi connectivity index (χ0v) is 15.4. The highest BCUT2D eigenvalue weighted by Gasteiger charge is 2.31. The standard InChI is InChI=1S/C16H17N3O4S.ClH/c1-11-9-13(19(20)21)10-16(12(11)2)24(22,23)18-8-7-17-14-5-3-4-6-15(14)18;/h3-6,9-10,17H,7-8H2,1-2H3;1H. The van der Waals surface area contributed by atoms with Gasteiger partial charge in [0.25, 0.3) is 15.7 Å². The Morgan fingerprint density at radius 1 is 1.20 bits per heavy atom. The molecule has 25 heavy (non-hydrogen) atoms. The lowest BCUT2D eigenvalue weighted by Gasteiger charge is -2.31. The Balaban J connectivity index is 0.00000225. The smallest absolute Gasteiger partial charge is 0.271 e. The van der Waals surface area contributed by atoms with Gasteiger partial charge in [-0.25, -0.2) is 8.42 Å². The van der Waals surface area contributed by atoms with Crippen LogP contribution in [0.25, 0.3) is 0 Å². The number of para-hydroxylation sites is 2. The van der Waals surface area contributed by atoms with Gasteiger partial charge in [-0.05, 0) is 37.1 Å². The number of sulfonamides is 1. The van der Waals surface area contributed by atoms with E-state index >= 15 is 0 Å². The Hall–Kier alpha value is -2.32. The largest absolute Gasteiger partial charge is 0.382 e. The van der Waals surface area contributed by atoms with Gasteiger partial charge in [0.05, 0.1) is 27.7 Å². The average molecular weight is 384 g/mol. The van der Waals surface area contributed by atoms with Crippen molar-refractivity contribution in [3.8, 4) is 0 Å². The molecule has 2 aromatic rings. The predicted octanol–water partition coefficient (Wildman–Crippen LogP) is 3.25. The van der Waals surface area contributed by atoms with Crippen LogP contribution >= 0.6 is 12.4 Å². The molecule has 0 amide bonds. The summed E-state index contributed by atoms with van der Waals surface area (Å²) in [4.78, 5) is 10.5. The molecule has 0 unspecified atom stereocenters. The van der Waals surface area contributed by atoms with Crippen LogP contribution in [0.1, 0.15) is 11.1 Å². The van der Waals surface area contributed by atoms with Crippen LogP contribution in [0.2, 0.25) is 0 Å². The Morgan fingerprint density at radius 2 is 1.88 bits per heavy atom. The molecule has 1 aliphatic heterocycles. The van der Waals surface area contributed by atoms with Crippen molar-refractivity contribution in [2.24, 2.45) is 0 Å². The number of fused-ring (bicyclic) bond motifs is 1. The fourth-order valence-corrected chi connectivity index (χ4v) is 4.61. The number of nitro groups is 1. The maximum Gasteiger partial charge on any atom is 0.271 e. The van der Waals surface area contributed by atoms with E-state index in [1.165, 1.54) is 10.4 Å². The van der Waals surface area contributed by atoms with Crippen LogP contribution < -0.4 is 9.62 Å². The Labute approximate surface area is 152 Å². The van der Waals surface area contributed by atoms with E-state index in [1.807, 2.05) is 12.1 Å². The van der Waals surface area contributed by atoms with E-state index in [0.717, 1.165) is 11.8 Å². The molecule has 0 atom stereocenters. The van der Waals surface area contributed by atoms with Gasteiger partial charge in [0.1, 0.15) is 0 Å². The van der Waals surface area contributed by atoms with E-state index in [0.29, 0.717) is 23.4 Å². The molecular formula is C16H18ClN3O4S. The maximum absolute atomic E-state index is 13.2. The van der Waals surface area contributed by atoms with Crippen LogP contribution in [-0.4, -0.2) is 26.4 Å². The lowest BCUT2D eigenvalue weighted by atomic mass is 10.1. The Bertz CT molecular complexity index is 931. The molecule has 1 N–H and O–H groups in total. The van der Waals surface area contributed by atoms with Gasteiger partial charge < -0.3 is 5.32 Å². The summed E-state index contributed by atoms with van der Waals surface area (Å²) in [6.45, 7) is 4.08. The SMILES string of the molecule is Cc1cc([N+](=O)[O-])cc(S(=O)(=O)N2CCNc3ccccc32)c1C.Cl. The molecule has 3 rings (SSSR count). The van der Waals surface area contributed by atoms with Crippen LogP contribution in [0.3, 0.4) is 0 Å². The number of benzene rings is 2.